The lowest BCUT2D eigenvalue weighted by molar-refractivity contribution is -0.146. The minimum absolute atomic E-state index is 0.149. The van der Waals surface area contributed by atoms with Crippen LogP contribution in [0.2, 0.25) is 0 Å². The normalized spacial score (nSPS) is 16.5. The number of aryl methyl sites for hydroxylation is 1. The molecule has 106 valence electrons. The van der Waals surface area contributed by atoms with Crippen LogP contribution in [0.4, 0.5) is 5.69 Å². The van der Waals surface area contributed by atoms with Crippen molar-refractivity contribution in [3.63, 3.8) is 0 Å². The van der Waals surface area contributed by atoms with Gasteiger partial charge in [0, 0.05) is 0 Å². The summed E-state index contributed by atoms with van der Waals surface area (Å²) in [5.41, 5.74) is 8.07. The predicted molar refractivity (Wildman–Crippen MR) is 73.6 cm³/mol. The first-order valence-corrected chi connectivity index (χ1v) is 7.03. The maximum absolute atomic E-state index is 11.8. The number of rotatable bonds is 4. The number of nitrogens with zero attached hydrogens (tertiary/aromatic N) is 2. The molecule has 1 heterocycles. The Labute approximate surface area is 114 Å². The van der Waals surface area contributed by atoms with Crippen LogP contribution in [0, 0.1) is 19.8 Å². The molecule has 1 aliphatic carbocycles. The molecule has 1 aromatic rings. The highest BCUT2D eigenvalue weighted by atomic mass is 16.5. The Kier molecular flexibility index (Phi) is 4.45. The monoisotopic (exact) mass is 265 g/mol. The van der Waals surface area contributed by atoms with Crippen LogP contribution in [-0.2, 0) is 16.1 Å². The highest BCUT2D eigenvalue weighted by Gasteiger charge is 2.17. The van der Waals surface area contributed by atoms with Crippen LogP contribution in [0.25, 0.3) is 0 Å². The fourth-order valence-corrected chi connectivity index (χ4v) is 2.60. The van der Waals surface area contributed by atoms with Crippen LogP contribution in [0.1, 0.15) is 43.5 Å². The molecule has 1 fully saturated rings. The van der Waals surface area contributed by atoms with Gasteiger partial charge < -0.3 is 10.5 Å². The van der Waals surface area contributed by atoms with Crippen LogP contribution >= 0.6 is 0 Å². The molecule has 2 N–H and O–H groups in total. The summed E-state index contributed by atoms with van der Waals surface area (Å²) in [6, 6.07) is 0. The molecule has 0 aromatic carbocycles. The Morgan fingerprint density at radius 3 is 2.63 bits per heavy atom. The van der Waals surface area contributed by atoms with Gasteiger partial charge in [0.2, 0.25) is 0 Å². The number of nitrogens with two attached hydrogens (primary N) is 1. The Bertz CT molecular complexity index is 448. The van der Waals surface area contributed by atoms with Gasteiger partial charge in [-0.1, -0.05) is 19.3 Å². The fourth-order valence-electron chi connectivity index (χ4n) is 2.60. The van der Waals surface area contributed by atoms with E-state index in [0.717, 1.165) is 11.4 Å². The molecule has 2 rings (SSSR count). The second-order valence-electron chi connectivity index (χ2n) is 5.43. The first-order chi connectivity index (χ1) is 9.08. The maximum atomic E-state index is 11.8. The van der Waals surface area contributed by atoms with E-state index in [1.807, 2.05) is 13.8 Å². The van der Waals surface area contributed by atoms with E-state index in [4.69, 9.17) is 10.5 Å². The van der Waals surface area contributed by atoms with Gasteiger partial charge in [-0.3, -0.25) is 9.48 Å². The van der Waals surface area contributed by atoms with Crippen molar-refractivity contribution < 1.29 is 9.53 Å². The second-order valence-corrected chi connectivity index (χ2v) is 5.43. The number of hydrogen-bond donors (Lipinski definition) is 1. The predicted octanol–water partition coefficient (Wildman–Crippen LogP) is 2.21. The minimum atomic E-state index is -0.226. The van der Waals surface area contributed by atoms with Crippen LogP contribution in [0.15, 0.2) is 0 Å². The molecule has 0 unspecified atom stereocenters. The number of hydrogen-bond acceptors (Lipinski definition) is 4. The van der Waals surface area contributed by atoms with Crippen molar-refractivity contribution in [2.24, 2.45) is 5.92 Å². The van der Waals surface area contributed by atoms with E-state index in [1.165, 1.54) is 32.1 Å². The zero-order valence-electron chi connectivity index (χ0n) is 11.8. The van der Waals surface area contributed by atoms with Gasteiger partial charge in [0.05, 0.1) is 23.7 Å². The van der Waals surface area contributed by atoms with E-state index in [1.54, 1.807) is 4.68 Å². The van der Waals surface area contributed by atoms with E-state index >= 15 is 0 Å². The Morgan fingerprint density at radius 1 is 1.37 bits per heavy atom. The van der Waals surface area contributed by atoms with Crippen molar-refractivity contribution in [3.8, 4) is 0 Å². The summed E-state index contributed by atoms with van der Waals surface area (Å²) in [7, 11) is 0. The second kappa shape index (κ2) is 6.08. The molecular weight excluding hydrogens is 242 g/mol. The summed E-state index contributed by atoms with van der Waals surface area (Å²) in [6.45, 7) is 4.40. The van der Waals surface area contributed by atoms with Gasteiger partial charge in [0.25, 0.3) is 0 Å². The summed E-state index contributed by atoms with van der Waals surface area (Å²) < 4.78 is 6.97. The number of esters is 1. The Balaban J connectivity index is 1.82. The smallest absolute Gasteiger partial charge is 0.327 e. The number of ether oxygens (including phenoxy) is 1. The zero-order chi connectivity index (χ0) is 13.8. The van der Waals surface area contributed by atoms with Crippen molar-refractivity contribution in [1.82, 2.24) is 9.78 Å². The summed E-state index contributed by atoms with van der Waals surface area (Å²) in [5, 5.41) is 4.24. The van der Waals surface area contributed by atoms with Gasteiger partial charge in [-0.2, -0.15) is 5.10 Å². The number of anilines is 1. The molecule has 1 aromatic heterocycles. The van der Waals surface area contributed by atoms with E-state index in [-0.39, 0.29) is 12.5 Å². The van der Waals surface area contributed by atoms with Crippen molar-refractivity contribution in [3.05, 3.63) is 11.4 Å². The standard InChI is InChI=1S/C14H23N3O2/c1-10-14(15)11(2)17(16-10)8-13(18)19-9-12-6-4-3-5-7-12/h12H,3-9,15H2,1-2H3. The fraction of sp³-hybridized carbons (Fsp3) is 0.714. The summed E-state index contributed by atoms with van der Waals surface area (Å²) >= 11 is 0. The Morgan fingerprint density at radius 2 is 2.05 bits per heavy atom. The third-order valence-corrected chi connectivity index (χ3v) is 3.92. The summed E-state index contributed by atoms with van der Waals surface area (Å²) in [6.07, 6.45) is 6.20. The lowest BCUT2D eigenvalue weighted by Crippen LogP contribution is -2.20. The van der Waals surface area contributed by atoms with Gasteiger partial charge in [-0.25, -0.2) is 0 Å². The molecular formula is C14H23N3O2. The maximum Gasteiger partial charge on any atom is 0.327 e. The van der Waals surface area contributed by atoms with E-state index in [0.29, 0.717) is 18.2 Å². The first kappa shape index (κ1) is 13.9. The lowest BCUT2D eigenvalue weighted by atomic mass is 9.90. The molecule has 19 heavy (non-hydrogen) atoms. The lowest BCUT2D eigenvalue weighted by Gasteiger charge is -2.21. The molecule has 0 bridgehead atoms. The number of aromatic nitrogens is 2. The average Bonchev–Trinajstić information content (AvgIpc) is 2.65. The van der Waals surface area contributed by atoms with Crippen molar-refractivity contribution in [2.75, 3.05) is 12.3 Å². The molecule has 1 aliphatic rings. The molecule has 0 spiro atoms. The first-order valence-electron chi connectivity index (χ1n) is 7.03. The highest BCUT2D eigenvalue weighted by Crippen LogP contribution is 2.23. The molecule has 0 aliphatic heterocycles. The number of carbonyl (C=O) groups excluding carboxylic acids is 1. The van der Waals surface area contributed by atoms with Crippen molar-refractivity contribution >= 4 is 11.7 Å². The Hall–Kier alpha value is -1.52. The third kappa shape index (κ3) is 3.49. The van der Waals surface area contributed by atoms with Gasteiger partial charge in [-0.05, 0) is 32.6 Å². The van der Waals surface area contributed by atoms with Crippen LogP contribution in [-0.4, -0.2) is 22.4 Å². The molecule has 0 saturated heterocycles. The quantitative estimate of drug-likeness (QED) is 0.847. The highest BCUT2D eigenvalue weighted by molar-refractivity contribution is 5.69. The van der Waals surface area contributed by atoms with E-state index in [2.05, 4.69) is 5.10 Å². The largest absolute Gasteiger partial charge is 0.464 e. The van der Waals surface area contributed by atoms with Crippen molar-refractivity contribution in [2.45, 2.75) is 52.5 Å². The minimum Gasteiger partial charge on any atom is -0.464 e. The molecule has 0 radical (unpaired) electrons. The number of carbonyl (C=O) groups is 1. The van der Waals surface area contributed by atoms with Gasteiger partial charge >= 0.3 is 5.97 Å². The average molecular weight is 265 g/mol. The van der Waals surface area contributed by atoms with Crippen LogP contribution < -0.4 is 5.73 Å². The van der Waals surface area contributed by atoms with Crippen LogP contribution in [0.3, 0.4) is 0 Å². The van der Waals surface area contributed by atoms with Gasteiger partial charge in [0.15, 0.2) is 0 Å². The summed E-state index contributed by atoms with van der Waals surface area (Å²) in [4.78, 5) is 11.8. The molecule has 1 saturated carbocycles. The number of nitrogen functional groups attached to an aromatic ring is 1. The van der Waals surface area contributed by atoms with Crippen molar-refractivity contribution in [1.29, 1.82) is 0 Å². The van der Waals surface area contributed by atoms with Gasteiger partial charge in [0.1, 0.15) is 6.54 Å². The van der Waals surface area contributed by atoms with E-state index in [9.17, 15) is 4.79 Å². The molecule has 0 amide bonds. The SMILES string of the molecule is Cc1nn(CC(=O)OCC2CCCCC2)c(C)c1N. The summed E-state index contributed by atoms with van der Waals surface area (Å²) in [5.74, 6) is 0.319. The van der Waals surface area contributed by atoms with E-state index < -0.39 is 0 Å². The van der Waals surface area contributed by atoms with Gasteiger partial charge in [-0.15, -0.1) is 0 Å². The molecule has 5 nitrogen and oxygen atoms in total. The third-order valence-electron chi connectivity index (χ3n) is 3.92. The zero-order valence-corrected chi connectivity index (χ0v) is 11.8. The molecule has 5 heteroatoms. The topological polar surface area (TPSA) is 70.1 Å². The van der Waals surface area contributed by atoms with Crippen LogP contribution in [0.5, 0.6) is 0 Å². The molecule has 0 atom stereocenters.